The van der Waals surface area contributed by atoms with E-state index in [1.54, 1.807) is 0 Å². The Kier molecular flexibility index (Phi) is 6.45. The third-order valence-electron chi connectivity index (χ3n) is 2.57. The zero-order valence-electron chi connectivity index (χ0n) is 11.5. The van der Waals surface area contributed by atoms with Gasteiger partial charge in [0.2, 0.25) is 11.8 Å². The van der Waals surface area contributed by atoms with Crippen LogP contribution in [0.1, 0.15) is 26.7 Å². The van der Waals surface area contributed by atoms with Crippen LogP contribution in [-0.2, 0) is 9.59 Å². The first-order valence-electron chi connectivity index (χ1n) is 6.40. The van der Waals surface area contributed by atoms with Crippen LogP contribution in [0.2, 0.25) is 5.02 Å². The summed E-state index contributed by atoms with van der Waals surface area (Å²) in [6, 6.07) is 3.84. The third-order valence-corrected chi connectivity index (χ3v) is 2.86. The molecular formula is C14H18ClFN2O2. The number of carbonyl (C=O) groups excluding carboxylic acids is 2. The number of benzene rings is 1. The van der Waals surface area contributed by atoms with Gasteiger partial charge in [0.25, 0.3) is 0 Å². The zero-order chi connectivity index (χ0) is 15.1. The molecule has 0 saturated carbocycles. The third kappa shape index (κ3) is 6.02. The largest absolute Gasteiger partial charge is 0.356 e. The predicted molar refractivity (Wildman–Crippen MR) is 77.1 cm³/mol. The van der Waals surface area contributed by atoms with E-state index in [1.165, 1.54) is 12.1 Å². The first-order chi connectivity index (χ1) is 9.38. The lowest BCUT2D eigenvalue weighted by atomic mass is 10.1. The molecule has 1 aromatic rings. The molecule has 110 valence electrons. The summed E-state index contributed by atoms with van der Waals surface area (Å²) in [5.74, 6) is -0.868. The fourth-order valence-corrected chi connectivity index (χ4v) is 1.67. The van der Waals surface area contributed by atoms with Crippen LogP contribution < -0.4 is 10.6 Å². The number of anilines is 1. The molecule has 6 heteroatoms. The molecular weight excluding hydrogens is 283 g/mol. The molecule has 2 N–H and O–H groups in total. The van der Waals surface area contributed by atoms with Gasteiger partial charge in [0.15, 0.2) is 0 Å². The van der Waals surface area contributed by atoms with Crippen molar-refractivity contribution in [1.29, 1.82) is 0 Å². The summed E-state index contributed by atoms with van der Waals surface area (Å²) in [6.07, 6.45) is 0.591. The van der Waals surface area contributed by atoms with Crippen LogP contribution in [0.5, 0.6) is 0 Å². The molecule has 0 bridgehead atoms. The molecule has 1 aromatic carbocycles. The van der Waals surface area contributed by atoms with Crippen LogP contribution in [0.15, 0.2) is 18.2 Å². The van der Waals surface area contributed by atoms with Crippen molar-refractivity contribution in [2.45, 2.75) is 26.7 Å². The molecule has 0 fully saturated rings. The molecule has 4 nitrogen and oxygen atoms in total. The minimum atomic E-state index is -0.559. The zero-order valence-corrected chi connectivity index (χ0v) is 12.3. The number of nitrogens with one attached hydrogen (secondary N) is 2. The lowest BCUT2D eigenvalue weighted by Crippen LogP contribution is -2.29. The van der Waals surface area contributed by atoms with Crippen LogP contribution in [-0.4, -0.2) is 18.4 Å². The van der Waals surface area contributed by atoms with E-state index in [-0.39, 0.29) is 17.4 Å². The summed E-state index contributed by atoms with van der Waals surface area (Å²) in [5.41, 5.74) is 0.358. The molecule has 1 rings (SSSR count). The molecule has 0 spiro atoms. The van der Waals surface area contributed by atoms with Crippen LogP contribution in [0.25, 0.3) is 0 Å². The van der Waals surface area contributed by atoms with E-state index >= 15 is 0 Å². The first kappa shape index (κ1) is 16.4. The fourth-order valence-electron chi connectivity index (χ4n) is 1.49. The second-order valence-corrected chi connectivity index (χ2v) is 5.29. The fraction of sp³-hybridized carbons (Fsp3) is 0.429. The summed E-state index contributed by atoms with van der Waals surface area (Å²) in [6.45, 7) is 4.65. The highest BCUT2D eigenvalue weighted by Crippen LogP contribution is 2.19. The van der Waals surface area contributed by atoms with Crippen LogP contribution in [0, 0.1) is 11.7 Å². The summed E-state index contributed by atoms with van der Waals surface area (Å²) < 4.78 is 12.9. The van der Waals surface area contributed by atoms with Gasteiger partial charge in [-0.05, 0) is 30.5 Å². The van der Waals surface area contributed by atoms with Gasteiger partial charge in [0.05, 0.1) is 5.02 Å². The van der Waals surface area contributed by atoms with Crippen molar-refractivity contribution >= 4 is 29.1 Å². The Hall–Kier alpha value is -1.62. The van der Waals surface area contributed by atoms with Crippen molar-refractivity contribution in [3.63, 3.8) is 0 Å². The molecule has 0 aromatic heterocycles. The van der Waals surface area contributed by atoms with Gasteiger partial charge >= 0.3 is 0 Å². The van der Waals surface area contributed by atoms with E-state index < -0.39 is 11.7 Å². The Morgan fingerprint density at radius 1 is 1.30 bits per heavy atom. The van der Waals surface area contributed by atoms with E-state index in [9.17, 15) is 14.0 Å². The number of hydrogen-bond donors (Lipinski definition) is 2. The summed E-state index contributed by atoms with van der Waals surface area (Å²) in [4.78, 5) is 23.1. The van der Waals surface area contributed by atoms with Gasteiger partial charge in [-0.2, -0.15) is 0 Å². The molecule has 20 heavy (non-hydrogen) atoms. The number of hydrogen-bond acceptors (Lipinski definition) is 2. The molecule has 0 heterocycles. The van der Waals surface area contributed by atoms with Crippen molar-refractivity contribution in [1.82, 2.24) is 5.32 Å². The lowest BCUT2D eigenvalue weighted by Gasteiger charge is -2.08. The summed E-state index contributed by atoms with van der Waals surface area (Å²) >= 11 is 5.60. The number of halogens is 2. The molecule has 0 aliphatic rings. The van der Waals surface area contributed by atoms with Gasteiger partial charge in [-0.1, -0.05) is 25.4 Å². The van der Waals surface area contributed by atoms with Gasteiger partial charge in [0, 0.05) is 12.2 Å². The maximum absolute atomic E-state index is 12.9. The standard InChI is InChI=1S/C14H18ClFN2O2/c1-9(2)5-6-17-13(19)8-14(20)18-10-3-4-12(16)11(15)7-10/h3-4,7,9H,5-6,8H2,1-2H3,(H,17,19)(H,18,20). The normalized spacial score (nSPS) is 10.4. The Morgan fingerprint density at radius 2 is 2.00 bits per heavy atom. The topological polar surface area (TPSA) is 58.2 Å². The maximum Gasteiger partial charge on any atom is 0.233 e. The van der Waals surface area contributed by atoms with Gasteiger partial charge in [-0.3, -0.25) is 9.59 Å². The number of rotatable bonds is 6. The van der Waals surface area contributed by atoms with Crippen molar-refractivity contribution in [3.05, 3.63) is 29.0 Å². The van der Waals surface area contributed by atoms with E-state index in [1.807, 2.05) is 0 Å². The molecule has 0 saturated heterocycles. The molecule has 0 unspecified atom stereocenters. The first-order valence-corrected chi connectivity index (χ1v) is 6.78. The molecule has 0 aliphatic heterocycles. The Morgan fingerprint density at radius 3 is 2.60 bits per heavy atom. The molecule has 0 radical (unpaired) electrons. The highest BCUT2D eigenvalue weighted by molar-refractivity contribution is 6.31. The lowest BCUT2D eigenvalue weighted by molar-refractivity contribution is -0.126. The minimum Gasteiger partial charge on any atom is -0.356 e. The Labute approximate surface area is 122 Å². The van der Waals surface area contributed by atoms with E-state index in [2.05, 4.69) is 24.5 Å². The van der Waals surface area contributed by atoms with E-state index in [0.29, 0.717) is 18.2 Å². The predicted octanol–water partition coefficient (Wildman–Crippen LogP) is 2.97. The van der Waals surface area contributed by atoms with Crippen LogP contribution in [0.3, 0.4) is 0 Å². The van der Waals surface area contributed by atoms with Crippen molar-refractivity contribution in [3.8, 4) is 0 Å². The summed E-state index contributed by atoms with van der Waals surface area (Å²) in [7, 11) is 0. The second-order valence-electron chi connectivity index (χ2n) is 4.89. The SMILES string of the molecule is CC(C)CCNC(=O)CC(=O)Nc1ccc(F)c(Cl)c1. The number of carbonyl (C=O) groups is 2. The van der Waals surface area contributed by atoms with Gasteiger partial charge in [-0.15, -0.1) is 0 Å². The van der Waals surface area contributed by atoms with Crippen molar-refractivity contribution < 1.29 is 14.0 Å². The molecule has 2 amide bonds. The van der Waals surface area contributed by atoms with Crippen molar-refractivity contribution in [2.75, 3.05) is 11.9 Å². The van der Waals surface area contributed by atoms with Gasteiger partial charge in [0.1, 0.15) is 12.2 Å². The Balaban J connectivity index is 2.39. The quantitative estimate of drug-likeness (QED) is 0.794. The molecule has 0 atom stereocenters. The van der Waals surface area contributed by atoms with Gasteiger partial charge in [-0.25, -0.2) is 4.39 Å². The van der Waals surface area contributed by atoms with E-state index in [0.717, 1.165) is 12.5 Å². The minimum absolute atomic E-state index is 0.0795. The van der Waals surface area contributed by atoms with Crippen LogP contribution >= 0.6 is 11.6 Å². The monoisotopic (exact) mass is 300 g/mol. The smallest absolute Gasteiger partial charge is 0.233 e. The van der Waals surface area contributed by atoms with Crippen molar-refractivity contribution in [2.24, 2.45) is 5.92 Å². The van der Waals surface area contributed by atoms with E-state index in [4.69, 9.17) is 11.6 Å². The van der Waals surface area contributed by atoms with Crippen LogP contribution in [0.4, 0.5) is 10.1 Å². The average Bonchev–Trinajstić information content (AvgIpc) is 2.33. The average molecular weight is 301 g/mol. The maximum atomic E-state index is 12.9. The Bertz CT molecular complexity index is 492. The van der Waals surface area contributed by atoms with Gasteiger partial charge < -0.3 is 10.6 Å². The highest BCUT2D eigenvalue weighted by atomic mass is 35.5. The molecule has 0 aliphatic carbocycles. The highest BCUT2D eigenvalue weighted by Gasteiger charge is 2.10. The number of amides is 2. The second kappa shape index (κ2) is 7.85. The summed E-state index contributed by atoms with van der Waals surface area (Å²) in [5, 5.41) is 5.08.